The molecule has 7 aromatic rings. The molecule has 5 aromatic heterocycles. The van der Waals surface area contributed by atoms with Gasteiger partial charge in [-0.25, -0.2) is 9.97 Å². The Kier molecular flexibility index (Phi) is 36.6. The van der Waals surface area contributed by atoms with Crippen molar-refractivity contribution in [3.63, 3.8) is 0 Å². The molecule has 16 rings (SSSR count). The van der Waals surface area contributed by atoms with Gasteiger partial charge in [0, 0.05) is 77.2 Å². The van der Waals surface area contributed by atoms with Crippen LogP contribution in [0.5, 0.6) is 0 Å². The SMILES string of the molecule is CC(C)(C)C1=CC=C(C(C)(C)C)C1.CC(C)(C)C1=CC=C(C(C)(C)C)C1.CC(C)(C)C1=Cc2cc(C(C)(C)C)ccc2C1.CC(C)(C)C1=Cc2cc(C(C)(C)C)cnc2C1.CC(C)(C)C1=Cc2ccc(C(C)(C)C)cc2C1.CC(C)(C)C1=Cc2ccc(C(C)(C)C)nc2C1.CC(C)(C)C1=Cc2cnc(C(C)(C)C)cc2C1.CC(C)(C)C1=Cc2cnc(C(C)(C)C)nc2C1.CC(C)(C)C1=Cc2ncc(C(C)(C)C)cc2C1. The number of fused-ring (bicyclic) bond motifs is 7. The van der Waals surface area contributed by atoms with Crippen LogP contribution in [-0.2, 0) is 82.9 Å². The highest BCUT2D eigenvalue weighted by molar-refractivity contribution is 5.70. The second-order valence-corrected chi connectivity index (χ2v) is 62.0. The Bertz CT molecular complexity index is 5420. The topological polar surface area (TPSA) is 77.3 Å². The van der Waals surface area contributed by atoms with Crippen molar-refractivity contribution in [2.45, 2.75) is 470 Å². The van der Waals surface area contributed by atoms with Crippen molar-refractivity contribution in [1.82, 2.24) is 29.9 Å². The first kappa shape index (κ1) is 121. The zero-order valence-corrected chi connectivity index (χ0v) is 103. The predicted molar refractivity (Wildman–Crippen MR) is 640 cm³/mol. The van der Waals surface area contributed by atoms with Gasteiger partial charge in [-0.15, -0.1) is 0 Å². The van der Waals surface area contributed by atoms with Crippen LogP contribution < -0.4 is 0 Å². The molecule has 0 N–H and O–H groups in total. The minimum atomic E-state index is 0.0273. The van der Waals surface area contributed by atoms with Gasteiger partial charge >= 0.3 is 0 Å². The molecule has 0 saturated carbocycles. The standard InChI is InChI=1S/2C17H24.4C16H23N.C15H22N2.2C13H22/c2*1-16(2,3)14-8-7-12-9-15(17(4,5)6)11-13(12)10-14;1-15(2,3)13-7-11-9-14(16(4,5)6)17-10-12(11)8-13;2*1-15(2,3)12-7-11-8-13(16(4,5)6)10-17-14(11)9-12;1-15(2,3)12-9-11-7-8-14(16(4,5)6)17-13(11)10-12;1-14(2,3)11-7-10-9-16-13(15(4,5)6)17-12(10)8-11;2*1-12(2,3)10-7-8-11(9-10)13(4,5)6/h7-8,10-11H,9H2,1-6H3;7-10H,11H2,1-6H3;2*8-10H,7H2,1-6H3;7-8,10H,9H2,1-6H3;7-9H,10H2,1-6H3;7,9H,8H2,1-6H3;2*7-8H,9H2,1-6H3. The van der Waals surface area contributed by atoms with Crippen molar-refractivity contribution in [2.24, 2.45) is 59.6 Å². The van der Waals surface area contributed by atoms with Gasteiger partial charge in [0.2, 0.25) is 0 Å². The third kappa shape index (κ3) is 34.4. The first-order valence-corrected chi connectivity index (χ1v) is 55.1. The van der Waals surface area contributed by atoms with Crippen LogP contribution in [0.3, 0.4) is 0 Å². The minimum Gasteiger partial charge on any atom is -0.260 e. The van der Waals surface area contributed by atoms with Crippen molar-refractivity contribution in [3.05, 3.63) is 295 Å². The Morgan fingerprint density at radius 1 is 0.166 bits per heavy atom. The highest BCUT2D eigenvalue weighted by atomic mass is 14.9. The van der Waals surface area contributed by atoms with E-state index >= 15 is 0 Å². The normalized spacial score (nSPS) is 16.3. The minimum absolute atomic E-state index is 0.0273. The molecule has 0 bridgehead atoms. The van der Waals surface area contributed by atoms with E-state index in [2.05, 4.69) is 527 Å². The maximum absolute atomic E-state index is 4.84. The second kappa shape index (κ2) is 43.7. The van der Waals surface area contributed by atoms with Crippen molar-refractivity contribution in [2.75, 3.05) is 0 Å². The number of aromatic nitrogens is 6. The van der Waals surface area contributed by atoms with Crippen LogP contribution >= 0.6 is 0 Å². The molecule has 0 radical (unpaired) electrons. The molecule has 0 saturated heterocycles. The maximum atomic E-state index is 4.84. The number of allylic oxidation sites excluding steroid dienone is 15. The summed E-state index contributed by atoms with van der Waals surface area (Å²) in [7, 11) is 0. The zero-order chi connectivity index (χ0) is 110. The van der Waals surface area contributed by atoms with Gasteiger partial charge in [0.05, 0.1) is 22.8 Å². The molecule has 0 aliphatic heterocycles. The summed E-state index contributed by atoms with van der Waals surface area (Å²) in [5.41, 5.74) is 47.7. The van der Waals surface area contributed by atoms with E-state index < -0.39 is 0 Å². The Hall–Kier alpha value is -8.74. The van der Waals surface area contributed by atoms with Crippen LogP contribution in [-0.4, -0.2) is 29.9 Å². The fourth-order valence-electron chi connectivity index (χ4n) is 18.1. The largest absolute Gasteiger partial charge is 0.260 e. The summed E-state index contributed by atoms with van der Waals surface area (Å²) in [6, 6.07) is 25.2. The average Bonchev–Trinajstić information content (AvgIpc) is 1.66. The van der Waals surface area contributed by atoms with Crippen molar-refractivity contribution < 1.29 is 0 Å². The highest BCUT2D eigenvalue weighted by Gasteiger charge is 2.36. The monoisotopic (exact) mass is 1960 g/mol. The van der Waals surface area contributed by atoms with Crippen LogP contribution in [0, 0.1) is 59.6 Å². The van der Waals surface area contributed by atoms with Crippen LogP contribution in [0.2, 0.25) is 0 Å². The van der Waals surface area contributed by atoms with Gasteiger partial charge in [-0.05, 0) is 216 Å². The molecule has 9 aliphatic rings. The first-order chi connectivity index (χ1) is 65.2. The van der Waals surface area contributed by atoms with Crippen LogP contribution in [0.25, 0.3) is 42.5 Å². The molecule has 0 spiro atoms. The van der Waals surface area contributed by atoms with E-state index in [1.807, 2.05) is 24.8 Å². The lowest BCUT2D eigenvalue weighted by Gasteiger charge is -2.25. The van der Waals surface area contributed by atoms with E-state index in [-0.39, 0.29) is 65.0 Å². The highest BCUT2D eigenvalue weighted by Crippen LogP contribution is 2.48. The smallest absolute Gasteiger partial charge is 0.133 e. The molecule has 0 atom stereocenters. The van der Waals surface area contributed by atoms with Crippen molar-refractivity contribution in [1.29, 1.82) is 0 Å². The van der Waals surface area contributed by atoms with E-state index in [1.165, 1.54) is 153 Å². The molecule has 6 nitrogen and oxygen atoms in total. The van der Waals surface area contributed by atoms with E-state index in [0.717, 1.165) is 50.8 Å². The molecule has 792 valence electrons. The van der Waals surface area contributed by atoms with E-state index in [9.17, 15) is 0 Å². The van der Waals surface area contributed by atoms with Gasteiger partial charge in [-0.3, -0.25) is 19.9 Å². The molecular formula is C139H206N6. The summed E-state index contributed by atoms with van der Waals surface area (Å²) in [5, 5.41) is 0. The molecule has 5 heterocycles. The lowest BCUT2D eigenvalue weighted by atomic mass is 9.80. The molecule has 145 heavy (non-hydrogen) atoms. The van der Waals surface area contributed by atoms with Crippen molar-refractivity contribution in [3.8, 4) is 0 Å². The lowest BCUT2D eigenvalue weighted by Crippen LogP contribution is -2.17. The Balaban J connectivity index is 0.000000200. The fraction of sp³-hybridized carbons (Fsp3) is 0.583. The quantitative estimate of drug-likeness (QED) is 0.151. The molecule has 9 aliphatic carbocycles. The number of pyridine rings is 4. The van der Waals surface area contributed by atoms with Gasteiger partial charge in [0.15, 0.2) is 0 Å². The second-order valence-electron chi connectivity index (χ2n) is 62.0. The number of rotatable bonds is 0. The Morgan fingerprint density at radius 3 is 0.876 bits per heavy atom. The molecule has 0 unspecified atom stereocenters. The summed E-state index contributed by atoms with van der Waals surface area (Å²) < 4.78 is 0. The molecule has 2 aromatic carbocycles. The maximum Gasteiger partial charge on any atom is 0.133 e. The number of nitrogens with zero attached hydrogens (tertiary/aromatic N) is 6. The third-order valence-corrected chi connectivity index (χ3v) is 30.1. The predicted octanol–water partition coefficient (Wildman–Crippen LogP) is 39.8. The summed E-state index contributed by atoms with van der Waals surface area (Å²) >= 11 is 0. The number of hydrogen-bond donors (Lipinski definition) is 0. The Labute approximate surface area is 890 Å². The van der Waals surface area contributed by atoms with Crippen molar-refractivity contribution >= 4 is 42.5 Å². The van der Waals surface area contributed by atoms with E-state index in [1.54, 1.807) is 33.4 Å². The van der Waals surface area contributed by atoms with Gasteiger partial charge < -0.3 is 0 Å². The van der Waals surface area contributed by atoms with Gasteiger partial charge in [-0.2, -0.15) is 0 Å². The summed E-state index contributed by atoms with van der Waals surface area (Å²) in [6.45, 7) is 122. The summed E-state index contributed by atoms with van der Waals surface area (Å²) in [4.78, 5) is 27.9. The Morgan fingerprint density at radius 2 is 0.469 bits per heavy atom. The third-order valence-electron chi connectivity index (χ3n) is 30.1. The number of hydrogen-bond acceptors (Lipinski definition) is 6. The molecule has 0 fully saturated rings. The van der Waals surface area contributed by atoms with Gasteiger partial charge in [0.1, 0.15) is 5.82 Å². The van der Waals surface area contributed by atoms with Crippen LogP contribution in [0.1, 0.15) is 505 Å². The van der Waals surface area contributed by atoms with Crippen LogP contribution in [0.15, 0.2) is 177 Å². The fourth-order valence-corrected chi connectivity index (χ4v) is 18.1. The lowest BCUT2D eigenvalue weighted by molar-refractivity contribution is 0.457. The van der Waals surface area contributed by atoms with Gasteiger partial charge in [0.25, 0.3) is 0 Å². The van der Waals surface area contributed by atoms with Crippen LogP contribution in [0.4, 0.5) is 0 Å². The van der Waals surface area contributed by atoms with E-state index in [0.29, 0.717) is 32.5 Å². The first-order valence-electron chi connectivity index (χ1n) is 55.1. The van der Waals surface area contributed by atoms with E-state index in [4.69, 9.17) is 9.97 Å². The number of benzene rings is 2. The molecule has 6 heteroatoms. The van der Waals surface area contributed by atoms with Gasteiger partial charge in [-0.1, -0.05) is 544 Å². The zero-order valence-electron chi connectivity index (χ0n) is 103. The summed E-state index contributed by atoms with van der Waals surface area (Å²) in [6.07, 6.45) is 43.3. The average molecular weight is 1960 g/mol. The molecular weight excluding hydrogens is 1750 g/mol. The summed E-state index contributed by atoms with van der Waals surface area (Å²) in [5.74, 6) is 0.944. The molecule has 0 amide bonds.